The number of hydrogen-bond acceptors (Lipinski definition) is 8. The highest BCUT2D eigenvalue weighted by Gasteiger charge is 2.24. The number of nitrogens with zero attached hydrogens (tertiary/aromatic N) is 5. The lowest BCUT2D eigenvalue weighted by Gasteiger charge is -2.35. The lowest BCUT2D eigenvalue weighted by atomic mass is 10.0. The zero-order valence-corrected chi connectivity index (χ0v) is 23.3. The van der Waals surface area contributed by atoms with E-state index in [1.807, 2.05) is 30.3 Å². The molecule has 0 saturated carbocycles. The minimum absolute atomic E-state index is 0.381. The van der Waals surface area contributed by atoms with Crippen molar-refractivity contribution in [2.75, 3.05) is 63.6 Å². The standard InChI is InChI=1S/C30H42N6O2/c1-22(2)35-15-11-24(12-16-35)31-29-25-19-27(37-4)28(38-21-23-9-6-5-7-10-23)20-26(25)32-30(33-29)36-14-8-13-34(3)17-18-36/h5-7,9-10,19-20,22,24H,8,11-18,21H2,1-4H3,(H,31,32,33). The fourth-order valence-electron chi connectivity index (χ4n) is 5.38. The number of piperidine rings is 1. The van der Waals surface area contributed by atoms with Gasteiger partial charge < -0.3 is 29.5 Å². The van der Waals surface area contributed by atoms with Crippen molar-refractivity contribution in [3.05, 3.63) is 48.0 Å². The van der Waals surface area contributed by atoms with E-state index in [2.05, 4.69) is 53.0 Å². The van der Waals surface area contributed by atoms with Gasteiger partial charge in [-0.05, 0) is 58.3 Å². The molecule has 204 valence electrons. The van der Waals surface area contributed by atoms with E-state index >= 15 is 0 Å². The third kappa shape index (κ3) is 6.30. The van der Waals surface area contributed by atoms with Crippen LogP contribution in [0, 0.1) is 0 Å². The molecule has 1 N–H and O–H groups in total. The van der Waals surface area contributed by atoms with Gasteiger partial charge in [0.2, 0.25) is 5.95 Å². The Morgan fingerprint density at radius 3 is 2.47 bits per heavy atom. The topological polar surface area (TPSA) is 66.0 Å². The van der Waals surface area contributed by atoms with E-state index in [0.717, 1.165) is 86.8 Å². The average molecular weight is 519 g/mol. The van der Waals surface area contributed by atoms with Gasteiger partial charge in [0.15, 0.2) is 11.5 Å². The van der Waals surface area contributed by atoms with Gasteiger partial charge in [-0.3, -0.25) is 0 Å². The molecule has 2 aliphatic rings. The summed E-state index contributed by atoms with van der Waals surface area (Å²) in [6.07, 6.45) is 3.30. The zero-order valence-electron chi connectivity index (χ0n) is 23.3. The quantitative estimate of drug-likeness (QED) is 0.463. The first kappa shape index (κ1) is 26.5. The molecule has 8 heteroatoms. The van der Waals surface area contributed by atoms with Crippen LogP contribution in [0.3, 0.4) is 0 Å². The van der Waals surface area contributed by atoms with Crippen molar-refractivity contribution in [1.29, 1.82) is 0 Å². The van der Waals surface area contributed by atoms with Crippen LogP contribution < -0.4 is 19.7 Å². The molecule has 2 fully saturated rings. The number of fused-ring (bicyclic) bond motifs is 1. The normalized spacial score (nSPS) is 18.1. The first-order chi connectivity index (χ1) is 18.5. The number of rotatable bonds is 8. The molecule has 38 heavy (non-hydrogen) atoms. The van der Waals surface area contributed by atoms with E-state index < -0.39 is 0 Å². The van der Waals surface area contributed by atoms with Crippen molar-refractivity contribution in [3.63, 3.8) is 0 Å². The summed E-state index contributed by atoms with van der Waals surface area (Å²) in [6, 6.07) is 15.2. The third-order valence-corrected chi connectivity index (χ3v) is 7.81. The molecule has 0 aliphatic carbocycles. The summed E-state index contributed by atoms with van der Waals surface area (Å²) < 4.78 is 12.0. The van der Waals surface area contributed by atoms with Crippen molar-refractivity contribution in [3.8, 4) is 11.5 Å². The van der Waals surface area contributed by atoms with E-state index in [1.165, 1.54) is 0 Å². The van der Waals surface area contributed by atoms with Crippen molar-refractivity contribution >= 4 is 22.7 Å². The van der Waals surface area contributed by atoms with Crippen LogP contribution in [-0.2, 0) is 6.61 Å². The third-order valence-electron chi connectivity index (χ3n) is 7.81. The Bertz CT molecular complexity index is 1200. The zero-order chi connectivity index (χ0) is 26.5. The minimum atomic E-state index is 0.381. The summed E-state index contributed by atoms with van der Waals surface area (Å²) in [6.45, 7) is 11.2. The van der Waals surface area contributed by atoms with Crippen LogP contribution in [0.4, 0.5) is 11.8 Å². The number of anilines is 2. The molecule has 2 aliphatic heterocycles. The summed E-state index contributed by atoms with van der Waals surface area (Å²) in [7, 11) is 3.87. The number of hydrogen-bond donors (Lipinski definition) is 1. The van der Waals surface area contributed by atoms with Crippen LogP contribution in [0.2, 0.25) is 0 Å². The molecule has 0 bridgehead atoms. The lowest BCUT2D eigenvalue weighted by molar-refractivity contribution is 0.177. The monoisotopic (exact) mass is 518 g/mol. The SMILES string of the molecule is COc1cc2c(NC3CCN(C(C)C)CC3)nc(N3CCCN(C)CC3)nc2cc1OCc1ccccc1. The van der Waals surface area contributed by atoms with Gasteiger partial charge in [0.05, 0.1) is 12.6 Å². The Morgan fingerprint density at radius 2 is 1.74 bits per heavy atom. The number of likely N-dealkylation sites (tertiary alicyclic amines) is 1. The molecule has 8 nitrogen and oxygen atoms in total. The van der Waals surface area contributed by atoms with Crippen LogP contribution in [0.15, 0.2) is 42.5 Å². The summed E-state index contributed by atoms with van der Waals surface area (Å²) in [5, 5.41) is 4.77. The summed E-state index contributed by atoms with van der Waals surface area (Å²) >= 11 is 0. The van der Waals surface area contributed by atoms with Gasteiger partial charge >= 0.3 is 0 Å². The number of aromatic nitrogens is 2. The van der Waals surface area contributed by atoms with E-state index in [-0.39, 0.29) is 0 Å². The maximum atomic E-state index is 6.23. The predicted octanol–water partition coefficient (Wildman–Crippen LogP) is 4.64. The molecular weight excluding hydrogens is 476 g/mol. The predicted molar refractivity (Wildman–Crippen MR) is 155 cm³/mol. The molecule has 0 atom stereocenters. The average Bonchev–Trinajstić information content (AvgIpc) is 3.16. The molecule has 5 rings (SSSR count). The van der Waals surface area contributed by atoms with Gasteiger partial charge in [0.25, 0.3) is 0 Å². The fourth-order valence-corrected chi connectivity index (χ4v) is 5.38. The summed E-state index contributed by atoms with van der Waals surface area (Å²) in [5.41, 5.74) is 1.99. The molecule has 3 heterocycles. The summed E-state index contributed by atoms with van der Waals surface area (Å²) in [4.78, 5) is 17.4. The van der Waals surface area contributed by atoms with E-state index in [1.54, 1.807) is 7.11 Å². The first-order valence-corrected chi connectivity index (χ1v) is 14.0. The molecule has 1 aromatic heterocycles. The smallest absolute Gasteiger partial charge is 0.227 e. The van der Waals surface area contributed by atoms with E-state index in [4.69, 9.17) is 19.4 Å². The second-order valence-corrected chi connectivity index (χ2v) is 10.9. The highest BCUT2D eigenvalue weighted by molar-refractivity contribution is 5.93. The molecule has 0 amide bonds. The van der Waals surface area contributed by atoms with E-state index in [0.29, 0.717) is 30.2 Å². The molecule has 2 aromatic carbocycles. The lowest BCUT2D eigenvalue weighted by Crippen LogP contribution is -2.42. The Kier molecular flexibility index (Phi) is 8.49. The first-order valence-electron chi connectivity index (χ1n) is 14.0. The maximum absolute atomic E-state index is 6.23. The maximum Gasteiger partial charge on any atom is 0.227 e. The van der Waals surface area contributed by atoms with Crippen LogP contribution in [0.25, 0.3) is 10.9 Å². The second kappa shape index (κ2) is 12.2. The highest BCUT2D eigenvalue weighted by atomic mass is 16.5. The highest BCUT2D eigenvalue weighted by Crippen LogP contribution is 2.36. The van der Waals surface area contributed by atoms with Crippen LogP contribution in [0.1, 0.15) is 38.7 Å². The number of ether oxygens (including phenoxy) is 2. The number of nitrogens with one attached hydrogen (secondary N) is 1. The van der Waals surface area contributed by atoms with Gasteiger partial charge in [-0.1, -0.05) is 30.3 Å². The van der Waals surface area contributed by atoms with Gasteiger partial charge in [0, 0.05) is 56.3 Å². The number of likely N-dealkylation sites (N-methyl/N-ethyl adjacent to an activating group) is 1. The van der Waals surface area contributed by atoms with Gasteiger partial charge in [-0.25, -0.2) is 4.98 Å². The van der Waals surface area contributed by atoms with Gasteiger partial charge in [0.1, 0.15) is 12.4 Å². The number of methoxy groups -OCH3 is 1. The van der Waals surface area contributed by atoms with Crippen molar-refractivity contribution < 1.29 is 9.47 Å². The van der Waals surface area contributed by atoms with Crippen LogP contribution >= 0.6 is 0 Å². The Morgan fingerprint density at radius 1 is 0.947 bits per heavy atom. The Labute approximate surface area is 226 Å². The van der Waals surface area contributed by atoms with E-state index in [9.17, 15) is 0 Å². The second-order valence-electron chi connectivity index (χ2n) is 10.9. The van der Waals surface area contributed by atoms with Gasteiger partial charge in [-0.2, -0.15) is 4.98 Å². The Hall–Kier alpha value is -3.10. The molecule has 2 saturated heterocycles. The van der Waals surface area contributed by atoms with Crippen molar-refractivity contribution in [2.24, 2.45) is 0 Å². The molecule has 0 radical (unpaired) electrons. The molecule has 0 unspecified atom stereocenters. The summed E-state index contributed by atoms with van der Waals surface area (Å²) in [5.74, 6) is 3.06. The van der Waals surface area contributed by atoms with Crippen molar-refractivity contribution in [2.45, 2.75) is 51.8 Å². The molecule has 0 spiro atoms. The van der Waals surface area contributed by atoms with Gasteiger partial charge in [-0.15, -0.1) is 0 Å². The Balaban J connectivity index is 1.47. The van der Waals surface area contributed by atoms with Crippen LogP contribution in [-0.4, -0.2) is 85.3 Å². The fraction of sp³-hybridized carbons (Fsp3) is 0.533. The minimum Gasteiger partial charge on any atom is -0.493 e. The molecule has 3 aromatic rings. The van der Waals surface area contributed by atoms with Crippen LogP contribution in [0.5, 0.6) is 11.5 Å². The number of benzene rings is 2. The van der Waals surface area contributed by atoms with Crippen molar-refractivity contribution in [1.82, 2.24) is 19.8 Å². The molecular formula is C30H42N6O2. The largest absolute Gasteiger partial charge is 0.493 e.